The van der Waals surface area contributed by atoms with Gasteiger partial charge in [-0.3, -0.25) is 4.79 Å². The summed E-state index contributed by atoms with van der Waals surface area (Å²) in [5, 5.41) is 15.8. The van der Waals surface area contributed by atoms with Crippen molar-refractivity contribution in [3.8, 4) is 12.0 Å². The van der Waals surface area contributed by atoms with Gasteiger partial charge in [0.15, 0.2) is 0 Å². The van der Waals surface area contributed by atoms with Gasteiger partial charge in [0.25, 0.3) is 11.9 Å². The molecule has 1 saturated heterocycles. The molecule has 3 heterocycles. The normalized spacial score (nSPS) is 13.4. The van der Waals surface area contributed by atoms with Gasteiger partial charge in [-0.25, -0.2) is 14.6 Å². The van der Waals surface area contributed by atoms with Crippen molar-refractivity contribution in [2.45, 2.75) is 12.8 Å². The van der Waals surface area contributed by atoms with E-state index in [0.717, 1.165) is 18.8 Å². The number of hydrogen-bond acceptors (Lipinski definition) is 6. The third-order valence-corrected chi connectivity index (χ3v) is 4.42. The SMILES string of the molecule is N#Cc1ccc(C(=O)Nc2cnn(-c3ncc(N4CCCC4)cn3)c2)cc1. The molecule has 2 aromatic heterocycles. The molecule has 134 valence electrons. The minimum atomic E-state index is -0.274. The van der Waals surface area contributed by atoms with Gasteiger partial charge < -0.3 is 10.2 Å². The monoisotopic (exact) mass is 359 g/mol. The van der Waals surface area contributed by atoms with Crippen LogP contribution in [-0.4, -0.2) is 38.7 Å². The Bertz CT molecular complexity index is 980. The summed E-state index contributed by atoms with van der Waals surface area (Å²) >= 11 is 0. The van der Waals surface area contributed by atoms with Crippen molar-refractivity contribution in [1.82, 2.24) is 19.7 Å². The minimum Gasteiger partial charge on any atom is -0.369 e. The molecule has 27 heavy (non-hydrogen) atoms. The average molecular weight is 359 g/mol. The van der Waals surface area contributed by atoms with Gasteiger partial charge in [0.1, 0.15) is 0 Å². The van der Waals surface area contributed by atoms with Crippen LogP contribution in [0.5, 0.6) is 0 Å². The van der Waals surface area contributed by atoms with E-state index in [1.807, 2.05) is 6.07 Å². The van der Waals surface area contributed by atoms with E-state index >= 15 is 0 Å². The van der Waals surface area contributed by atoms with Gasteiger partial charge in [-0.1, -0.05) is 0 Å². The molecule has 8 heteroatoms. The first-order chi connectivity index (χ1) is 13.2. The van der Waals surface area contributed by atoms with E-state index in [1.54, 1.807) is 49.1 Å². The number of benzene rings is 1. The van der Waals surface area contributed by atoms with Crippen molar-refractivity contribution in [2.24, 2.45) is 0 Å². The molecule has 1 aliphatic heterocycles. The third-order valence-electron chi connectivity index (χ3n) is 4.42. The molecule has 0 saturated carbocycles. The van der Waals surface area contributed by atoms with Crippen molar-refractivity contribution < 1.29 is 4.79 Å². The molecule has 3 aromatic rings. The fourth-order valence-electron chi connectivity index (χ4n) is 2.97. The molecule has 1 aromatic carbocycles. The largest absolute Gasteiger partial charge is 0.369 e. The van der Waals surface area contributed by atoms with Gasteiger partial charge >= 0.3 is 0 Å². The van der Waals surface area contributed by atoms with Crippen LogP contribution >= 0.6 is 0 Å². The molecular weight excluding hydrogens is 342 g/mol. The second-order valence-corrected chi connectivity index (χ2v) is 6.25. The van der Waals surface area contributed by atoms with Crippen LogP contribution in [0.2, 0.25) is 0 Å². The lowest BCUT2D eigenvalue weighted by atomic mass is 10.1. The van der Waals surface area contributed by atoms with Crippen LogP contribution in [0, 0.1) is 11.3 Å². The fraction of sp³-hybridized carbons (Fsp3) is 0.211. The third kappa shape index (κ3) is 3.62. The highest BCUT2D eigenvalue weighted by molar-refractivity contribution is 6.04. The number of nitrogens with zero attached hydrogens (tertiary/aromatic N) is 6. The number of carbonyl (C=O) groups excluding carboxylic acids is 1. The minimum absolute atomic E-state index is 0.274. The summed E-state index contributed by atoms with van der Waals surface area (Å²) in [6.07, 6.45) is 9.19. The van der Waals surface area contributed by atoms with Gasteiger partial charge in [-0.15, -0.1) is 0 Å². The van der Waals surface area contributed by atoms with Crippen LogP contribution in [0.1, 0.15) is 28.8 Å². The zero-order valence-electron chi connectivity index (χ0n) is 14.5. The molecule has 1 aliphatic rings. The van der Waals surface area contributed by atoms with Crippen LogP contribution in [0.4, 0.5) is 11.4 Å². The number of anilines is 2. The standard InChI is InChI=1S/C19H17N7O/c20-9-14-3-5-15(6-4-14)18(27)24-16-10-23-26(13-16)19-21-11-17(12-22-19)25-7-1-2-8-25/h3-6,10-13H,1-2,7-8H2,(H,24,27). The lowest BCUT2D eigenvalue weighted by Gasteiger charge is -2.16. The zero-order chi connectivity index (χ0) is 18.6. The molecule has 1 N–H and O–H groups in total. The summed E-state index contributed by atoms with van der Waals surface area (Å²) in [6.45, 7) is 2.08. The van der Waals surface area contributed by atoms with E-state index in [2.05, 4.69) is 25.3 Å². The molecule has 0 radical (unpaired) electrons. The molecule has 0 atom stereocenters. The highest BCUT2D eigenvalue weighted by Crippen LogP contribution is 2.19. The maximum Gasteiger partial charge on any atom is 0.255 e. The summed E-state index contributed by atoms with van der Waals surface area (Å²) < 4.78 is 1.52. The summed E-state index contributed by atoms with van der Waals surface area (Å²) in [6, 6.07) is 8.45. The molecule has 1 fully saturated rings. The van der Waals surface area contributed by atoms with Gasteiger partial charge in [0.05, 0.1) is 47.8 Å². The molecule has 0 spiro atoms. The van der Waals surface area contributed by atoms with Crippen molar-refractivity contribution in [3.63, 3.8) is 0 Å². The molecule has 1 amide bonds. The molecule has 0 bridgehead atoms. The van der Waals surface area contributed by atoms with Crippen LogP contribution in [0.15, 0.2) is 49.1 Å². The highest BCUT2D eigenvalue weighted by atomic mass is 16.1. The van der Waals surface area contributed by atoms with E-state index in [4.69, 9.17) is 5.26 Å². The average Bonchev–Trinajstić information content (AvgIpc) is 3.40. The van der Waals surface area contributed by atoms with Crippen LogP contribution < -0.4 is 10.2 Å². The first-order valence-electron chi connectivity index (χ1n) is 8.66. The lowest BCUT2D eigenvalue weighted by molar-refractivity contribution is 0.102. The number of rotatable bonds is 4. The topological polar surface area (TPSA) is 99.7 Å². The zero-order valence-corrected chi connectivity index (χ0v) is 14.5. The molecule has 8 nitrogen and oxygen atoms in total. The van der Waals surface area contributed by atoms with Crippen molar-refractivity contribution in [2.75, 3.05) is 23.3 Å². The highest BCUT2D eigenvalue weighted by Gasteiger charge is 2.14. The Labute approximate surface area is 156 Å². The van der Waals surface area contributed by atoms with Gasteiger partial charge in [0, 0.05) is 18.7 Å². The number of hydrogen-bond donors (Lipinski definition) is 1. The van der Waals surface area contributed by atoms with Crippen molar-refractivity contribution in [1.29, 1.82) is 5.26 Å². The smallest absolute Gasteiger partial charge is 0.255 e. The van der Waals surface area contributed by atoms with E-state index in [0.29, 0.717) is 22.8 Å². The lowest BCUT2D eigenvalue weighted by Crippen LogP contribution is -2.18. The predicted octanol–water partition coefficient (Wildman–Crippen LogP) is 2.39. The number of aromatic nitrogens is 4. The Kier molecular flexibility index (Phi) is 4.49. The van der Waals surface area contributed by atoms with E-state index in [9.17, 15) is 4.79 Å². The second kappa shape index (κ2) is 7.25. The first kappa shape index (κ1) is 16.7. The maximum atomic E-state index is 12.3. The van der Waals surface area contributed by atoms with Gasteiger partial charge in [0.2, 0.25) is 0 Å². The summed E-state index contributed by atoms with van der Waals surface area (Å²) in [5.41, 5.74) is 2.52. The first-order valence-corrected chi connectivity index (χ1v) is 8.66. The molecular formula is C19H17N7O. The Hall–Kier alpha value is -3.73. The van der Waals surface area contributed by atoms with Crippen molar-refractivity contribution in [3.05, 3.63) is 60.2 Å². The summed E-state index contributed by atoms with van der Waals surface area (Å²) in [7, 11) is 0. The fourth-order valence-corrected chi connectivity index (χ4v) is 2.97. The van der Waals surface area contributed by atoms with Gasteiger partial charge in [-0.2, -0.15) is 10.4 Å². The van der Waals surface area contributed by atoms with Crippen LogP contribution in [0.25, 0.3) is 5.95 Å². The van der Waals surface area contributed by atoms with E-state index in [1.165, 1.54) is 17.5 Å². The predicted molar refractivity (Wildman–Crippen MR) is 99.7 cm³/mol. The summed E-state index contributed by atoms with van der Waals surface area (Å²) in [5.74, 6) is 0.168. The Morgan fingerprint density at radius 1 is 1.07 bits per heavy atom. The van der Waals surface area contributed by atoms with E-state index < -0.39 is 0 Å². The maximum absolute atomic E-state index is 12.3. The van der Waals surface area contributed by atoms with Gasteiger partial charge in [-0.05, 0) is 37.1 Å². The van der Waals surface area contributed by atoms with Crippen LogP contribution in [0.3, 0.4) is 0 Å². The molecule has 0 aliphatic carbocycles. The van der Waals surface area contributed by atoms with Crippen LogP contribution in [-0.2, 0) is 0 Å². The van der Waals surface area contributed by atoms with E-state index in [-0.39, 0.29) is 5.91 Å². The Balaban J connectivity index is 1.44. The Morgan fingerprint density at radius 3 is 2.44 bits per heavy atom. The quantitative estimate of drug-likeness (QED) is 0.768. The van der Waals surface area contributed by atoms with Crippen molar-refractivity contribution >= 4 is 17.3 Å². The number of amides is 1. The second-order valence-electron chi connectivity index (χ2n) is 6.25. The molecule has 4 rings (SSSR count). The Morgan fingerprint density at radius 2 is 1.78 bits per heavy atom. The molecule has 0 unspecified atom stereocenters. The number of nitriles is 1. The number of nitrogens with one attached hydrogen (secondary N) is 1. The number of carbonyl (C=O) groups is 1. The summed E-state index contributed by atoms with van der Waals surface area (Å²) in [4.78, 5) is 23.3.